The van der Waals surface area contributed by atoms with Crippen LogP contribution in [0.1, 0.15) is 58.1 Å². The first kappa shape index (κ1) is 23.4. The van der Waals surface area contributed by atoms with Gasteiger partial charge in [0.25, 0.3) is 0 Å². The molecule has 4 aliphatic rings. The van der Waals surface area contributed by atoms with Crippen molar-refractivity contribution in [1.29, 1.82) is 0 Å². The molecular weight excluding hydrogens is 434 g/mol. The van der Waals surface area contributed by atoms with E-state index in [0.717, 1.165) is 30.9 Å². The van der Waals surface area contributed by atoms with Crippen LogP contribution in [0.2, 0.25) is 0 Å². The van der Waals surface area contributed by atoms with E-state index >= 15 is 0 Å². The molecule has 1 aromatic rings. The fourth-order valence-corrected chi connectivity index (χ4v) is 6.01. The number of hydrogen-bond donors (Lipinski definition) is 2. The molecule has 0 aromatic heterocycles. The highest BCUT2D eigenvalue weighted by molar-refractivity contribution is 5.86. The van der Waals surface area contributed by atoms with Gasteiger partial charge >= 0.3 is 6.09 Å². The van der Waals surface area contributed by atoms with Crippen LogP contribution in [0.5, 0.6) is 5.75 Å². The Balaban J connectivity index is 1.37. The van der Waals surface area contributed by atoms with Crippen molar-refractivity contribution >= 4 is 12.0 Å². The summed E-state index contributed by atoms with van der Waals surface area (Å²) in [6.07, 6.45) is 3.02. The Morgan fingerprint density at radius 3 is 2.65 bits per heavy atom. The van der Waals surface area contributed by atoms with Crippen LogP contribution in [0.3, 0.4) is 0 Å². The lowest BCUT2D eigenvalue weighted by molar-refractivity contribution is -0.134. The minimum atomic E-state index is -1.03. The molecule has 186 valence electrons. The van der Waals surface area contributed by atoms with Crippen molar-refractivity contribution in [2.45, 2.75) is 76.7 Å². The zero-order chi connectivity index (χ0) is 24.0. The predicted octanol–water partition coefficient (Wildman–Crippen LogP) is 3.27. The second-order valence-corrected chi connectivity index (χ2v) is 11.4. The Labute approximate surface area is 201 Å². The molecule has 0 bridgehead atoms. The summed E-state index contributed by atoms with van der Waals surface area (Å²) in [5.74, 6) is 1.23. The lowest BCUT2D eigenvalue weighted by atomic mass is 9.78. The van der Waals surface area contributed by atoms with Crippen LogP contribution < -0.4 is 10.1 Å². The van der Waals surface area contributed by atoms with Gasteiger partial charge in [0.1, 0.15) is 11.8 Å². The molecule has 2 saturated heterocycles. The Hall–Kier alpha value is -2.32. The van der Waals surface area contributed by atoms with Crippen molar-refractivity contribution in [3.63, 3.8) is 0 Å². The highest BCUT2D eigenvalue weighted by Gasteiger charge is 2.54. The second kappa shape index (κ2) is 9.04. The molecule has 1 saturated carbocycles. The van der Waals surface area contributed by atoms with Crippen molar-refractivity contribution in [3.05, 3.63) is 29.8 Å². The molecule has 8 heteroatoms. The number of carbonyl (C=O) groups excluding carboxylic acids is 1. The smallest absolute Gasteiger partial charge is 0.408 e. The number of nitrogens with one attached hydrogen (secondary N) is 1. The number of para-hydroxylation sites is 1. The number of piperazine rings is 1. The number of ether oxygens (including phenoxy) is 2. The molecule has 2 N–H and O–H groups in total. The fourth-order valence-electron chi connectivity index (χ4n) is 6.01. The third kappa shape index (κ3) is 4.62. The summed E-state index contributed by atoms with van der Waals surface area (Å²) in [6.45, 7) is 8.66. The maximum Gasteiger partial charge on any atom is 0.408 e. The highest BCUT2D eigenvalue weighted by atomic mass is 16.5. The number of nitrogens with zero attached hydrogens (tertiary/aromatic N) is 2. The van der Waals surface area contributed by atoms with Crippen LogP contribution >= 0.6 is 0 Å². The molecule has 5 rings (SSSR count). The van der Waals surface area contributed by atoms with Gasteiger partial charge in [0.15, 0.2) is 0 Å². The van der Waals surface area contributed by atoms with Gasteiger partial charge in [0.2, 0.25) is 5.91 Å². The van der Waals surface area contributed by atoms with E-state index in [0.29, 0.717) is 25.5 Å². The van der Waals surface area contributed by atoms with Crippen molar-refractivity contribution in [1.82, 2.24) is 15.1 Å². The Kier molecular flexibility index (Phi) is 6.23. The molecule has 2 amide bonds. The molecule has 34 heavy (non-hydrogen) atoms. The van der Waals surface area contributed by atoms with E-state index in [9.17, 15) is 14.7 Å². The number of hydrogen-bond acceptors (Lipinski definition) is 5. The number of fused-ring (bicyclic) bond motifs is 2. The molecular formula is C26H37N3O5. The van der Waals surface area contributed by atoms with E-state index in [-0.39, 0.29) is 35.6 Å². The summed E-state index contributed by atoms with van der Waals surface area (Å²) in [5.41, 5.74) is 0.622. The Bertz CT molecular complexity index is 927. The van der Waals surface area contributed by atoms with Gasteiger partial charge in [0.05, 0.1) is 24.8 Å². The first-order valence-electron chi connectivity index (χ1n) is 12.6. The predicted molar refractivity (Wildman–Crippen MR) is 127 cm³/mol. The molecule has 1 aliphatic carbocycles. The molecule has 0 radical (unpaired) electrons. The van der Waals surface area contributed by atoms with Crippen molar-refractivity contribution in [3.8, 4) is 5.75 Å². The number of rotatable bonds is 5. The fraction of sp³-hybridized carbons (Fsp3) is 0.692. The third-order valence-electron chi connectivity index (χ3n) is 7.77. The minimum absolute atomic E-state index is 0.0492. The average molecular weight is 472 g/mol. The molecule has 0 spiro atoms. The number of amides is 2. The van der Waals surface area contributed by atoms with Gasteiger partial charge in [-0.25, -0.2) is 4.79 Å². The first-order valence-corrected chi connectivity index (χ1v) is 12.6. The van der Waals surface area contributed by atoms with Gasteiger partial charge < -0.3 is 19.9 Å². The van der Waals surface area contributed by atoms with E-state index in [4.69, 9.17) is 9.47 Å². The Morgan fingerprint density at radius 2 is 1.94 bits per heavy atom. The summed E-state index contributed by atoms with van der Waals surface area (Å²) in [6, 6.07) is 6.51. The monoisotopic (exact) mass is 471 g/mol. The van der Waals surface area contributed by atoms with Crippen LogP contribution in [-0.4, -0.2) is 77.4 Å². The standard InChI is InChI=1S/C26H37N3O5/c1-26(2,3)23-20-12-17(34-15-16-8-9-16)13-28(20)14-21(29(23)25(31)32)24(30)27-19-10-11-33-22-7-5-4-6-18(19)22/h4-7,16-17,19-21,23H,8-15H2,1-3H3,(H,27,30)(H,31,32)/t17-,19-,20-,21+,23?/m1/s1. The maximum absolute atomic E-state index is 13.6. The van der Waals surface area contributed by atoms with Crippen LogP contribution in [-0.2, 0) is 9.53 Å². The highest BCUT2D eigenvalue weighted by Crippen LogP contribution is 2.41. The zero-order valence-corrected chi connectivity index (χ0v) is 20.4. The van der Waals surface area contributed by atoms with Crippen LogP contribution in [0, 0.1) is 11.3 Å². The van der Waals surface area contributed by atoms with Crippen LogP contribution in [0.15, 0.2) is 24.3 Å². The molecule has 5 atom stereocenters. The average Bonchev–Trinajstić information content (AvgIpc) is 3.53. The van der Waals surface area contributed by atoms with Gasteiger partial charge in [-0.1, -0.05) is 39.0 Å². The van der Waals surface area contributed by atoms with Crippen molar-refractivity contribution in [2.75, 3.05) is 26.3 Å². The van der Waals surface area contributed by atoms with Crippen molar-refractivity contribution < 1.29 is 24.2 Å². The lowest BCUT2D eigenvalue weighted by Gasteiger charge is -2.52. The largest absolute Gasteiger partial charge is 0.493 e. The normalized spacial score (nSPS) is 31.4. The van der Waals surface area contributed by atoms with E-state index in [1.54, 1.807) is 0 Å². The first-order chi connectivity index (χ1) is 16.2. The summed E-state index contributed by atoms with van der Waals surface area (Å²) in [4.78, 5) is 30.0. The van der Waals surface area contributed by atoms with E-state index in [1.165, 1.54) is 17.7 Å². The number of carboxylic acid groups (broad SMARTS) is 1. The molecule has 3 fully saturated rings. The number of benzene rings is 1. The molecule has 1 aromatic carbocycles. The molecule has 1 unspecified atom stereocenters. The van der Waals surface area contributed by atoms with Gasteiger partial charge in [-0.15, -0.1) is 0 Å². The van der Waals surface area contributed by atoms with Crippen LogP contribution in [0.25, 0.3) is 0 Å². The summed E-state index contributed by atoms with van der Waals surface area (Å²) >= 11 is 0. The minimum Gasteiger partial charge on any atom is -0.493 e. The van der Waals surface area contributed by atoms with Gasteiger partial charge in [0, 0.05) is 37.7 Å². The maximum atomic E-state index is 13.6. The van der Waals surface area contributed by atoms with E-state index < -0.39 is 12.1 Å². The molecule has 8 nitrogen and oxygen atoms in total. The molecule has 3 aliphatic heterocycles. The van der Waals surface area contributed by atoms with Gasteiger partial charge in [-0.3, -0.25) is 14.6 Å². The summed E-state index contributed by atoms with van der Waals surface area (Å²) < 4.78 is 11.9. The second-order valence-electron chi connectivity index (χ2n) is 11.4. The van der Waals surface area contributed by atoms with Gasteiger partial charge in [-0.05, 0) is 36.7 Å². The quantitative estimate of drug-likeness (QED) is 0.685. The summed E-state index contributed by atoms with van der Waals surface area (Å²) in [7, 11) is 0. The third-order valence-corrected chi connectivity index (χ3v) is 7.77. The SMILES string of the molecule is CC(C)(C)C1[C@H]2C[C@@H](OCC3CC3)CN2C[C@@H](C(=O)N[C@@H]2CCOc3ccccc32)N1C(=O)O. The van der Waals surface area contributed by atoms with Gasteiger partial charge in [-0.2, -0.15) is 0 Å². The van der Waals surface area contributed by atoms with Crippen molar-refractivity contribution in [2.24, 2.45) is 11.3 Å². The van der Waals surface area contributed by atoms with E-state index in [2.05, 4.69) is 31.0 Å². The molecule has 3 heterocycles. The van der Waals surface area contributed by atoms with E-state index in [1.807, 2.05) is 24.3 Å². The van der Waals surface area contributed by atoms with Crippen LogP contribution in [0.4, 0.5) is 4.79 Å². The number of carbonyl (C=O) groups is 2. The lowest BCUT2D eigenvalue weighted by Crippen LogP contribution is -2.70. The zero-order valence-electron chi connectivity index (χ0n) is 20.4. The topological polar surface area (TPSA) is 91.3 Å². The summed E-state index contributed by atoms with van der Waals surface area (Å²) in [5, 5.41) is 13.5. The Morgan fingerprint density at radius 1 is 1.18 bits per heavy atom.